The standard InChI is InChI=1S/C25H21N5O4S/c1-3-33-18-12-8-7-11-17(18)27-19(31)13-30-14-26-24-20(25(30)32)15(2)21(35-24)23-28-22(29-34-23)16-9-5-4-6-10-16/h4-12,14H,3,13H2,1-2H3,(H,27,31). The van der Waals surface area contributed by atoms with Crippen LogP contribution in [0.3, 0.4) is 0 Å². The molecule has 35 heavy (non-hydrogen) atoms. The molecule has 10 heteroatoms. The van der Waals surface area contributed by atoms with Crippen molar-refractivity contribution in [1.82, 2.24) is 19.7 Å². The van der Waals surface area contributed by atoms with Crippen LogP contribution in [0.25, 0.3) is 32.4 Å². The molecular weight excluding hydrogens is 466 g/mol. The molecule has 0 unspecified atom stereocenters. The number of rotatable bonds is 7. The Bertz CT molecular complexity index is 1570. The fraction of sp³-hybridized carbons (Fsp3) is 0.160. The van der Waals surface area contributed by atoms with Gasteiger partial charge in [0, 0.05) is 5.56 Å². The van der Waals surface area contributed by atoms with Crippen LogP contribution in [0.2, 0.25) is 0 Å². The number of amides is 1. The van der Waals surface area contributed by atoms with Gasteiger partial charge in [0.05, 0.1) is 28.9 Å². The summed E-state index contributed by atoms with van der Waals surface area (Å²) in [7, 11) is 0. The number of carbonyl (C=O) groups excluding carboxylic acids is 1. The SMILES string of the molecule is CCOc1ccccc1NC(=O)Cn1cnc2sc(-c3nc(-c4ccccc4)no3)c(C)c2c1=O. The Morgan fingerprint density at radius 1 is 1.14 bits per heavy atom. The molecule has 0 bridgehead atoms. The summed E-state index contributed by atoms with van der Waals surface area (Å²) in [6.45, 7) is 3.96. The number of hydrogen-bond donors (Lipinski definition) is 1. The lowest BCUT2D eigenvalue weighted by atomic mass is 10.2. The van der Waals surface area contributed by atoms with Gasteiger partial charge >= 0.3 is 0 Å². The third-order valence-corrected chi connectivity index (χ3v) is 6.53. The normalized spacial score (nSPS) is 11.0. The lowest BCUT2D eigenvalue weighted by Crippen LogP contribution is -2.28. The number of aryl methyl sites for hydroxylation is 1. The van der Waals surface area contributed by atoms with Crippen molar-refractivity contribution in [2.24, 2.45) is 0 Å². The summed E-state index contributed by atoms with van der Waals surface area (Å²) in [6.07, 6.45) is 1.38. The lowest BCUT2D eigenvalue weighted by Gasteiger charge is -2.11. The van der Waals surface area contributed by atoms with Crippen molar-refractivity contribution < 1.29 is 14.1 Å². The molecule has 1 amide bonds. The third-order valence-electron chi connectivity index (χ3n) is 5.34. The number of anilines is 1. The number of benzene rings is 2. The second-order valence-corrected chi connectivity index (χ2v) is 8.68. The number of hydrogen-bond acceptors (Lipinski definition) is 8. The van der Waals surface area contributed by atoms with E-state index in [9.17, 15) is 9.59 Å². The molecule has 0 fully saturated rings. The van der Waals surface area contributed by atoms with Crippen LogP contribution in [-0.2, 0) is 11.3 Å². The molecule has 5 aromatic rings. The molecule has 0 saturated heterocycles. The molecule has 3 aromatic heterocycles. The quantitative estimate of drug-likeness (QED) is 0.359. The molecule has 176 valence electrons. The Balaban J connectivity index is 1.42. The van der Waals surface area contributed by atoms with Crippen molar-refractivity contribution in [2.45, 2.75) is 20.4 Å². The number of para-hydroxylation sites is 2. The van der Waals surface area contributed by atoms with E-state index in [1.165, 1.54) is 22.2 Å². The Kier molecular flexibility index (Phi) is 6.11. The van der Waals surface area contributed by atoms with E-state index in [4.69, 9.17) is 9.26 Å². The van der Waals surface area contributed by atoms with Gasteiger partial charge in [0.2, 0.25) is 11.7 Å². The van der Waals surface area contributed by atoms with Gasteiger partial charge in [0.1, 0.15) is 17.1 Å². The molecule has 9 nitrogen and oxygen atoms in total. The Morgan fingerprint density at radius 3 is 2.71 bits per heavy atom. The van der Waals surface area contributed by atoms with Gasteiger partial charge in [-0.05, 0) is 31.5 Å². The second-order valence-electron chi connectivity index (χ2n) is 7.68. The molecule has 0 saturated carbocycles. The largest absolute Gasteiger partial charge is 0.492 e. The lowest BCUT2D eigenvalue weighted by molar-refractivity contribution is -0.116. The van der Waals surface area contributed by atoms with Gasteiger partial charge in [-0.3, -0.25) is 14.2 Å². The predicted molar refractivity (Wildman–Crippen MR) is 134 cm³/mol. The zero-order valence-corrected chi connectivity index (χ0v) is 19.8. The van der Waals surface area contributed by atoms with Crippen molar-refractivity contribution in [1.29, 1.82) is 0 Å². The maximum Gasteiger partial charge on any atom is 0.268 e. The molecule has 0 aliphatic heterocycles. The molecule has 0 aliphatic carbocycles. The van der Waals surface area contributed by atoms with Crippen LogP contribution in [0, 0.1) is 6.92 Å². The van der Waals surface area contributed by atoms with Crippen molar-refractivity contribution in [3.05, 3.63) is 76.8 Å². The maximum atomic E-state index is 13.2. The van der Waals surface area contributed by atoms with Crippen LogP contribution in [0.15, 0.2) is 70.2 Å². The van der Waals surface area contributed by atoms with E-state index in [0.717, 1.165) is 5.56 Å². The number of nitrogens with one attached hydrogen (secondary N) is 1. The highest BCUT2D eigenvalue weighted by atomic mass is 32.1. The molecule has 0 atom stereocenters. The van der Waals surface area contributed by atoms with E-state index in [1.807, 2.05) is 50.2 Å². The van der Waals surface area contributed by atoms with Gasteiger partial charge < -0.3 is 14.6 Å². The molecule has 0 spiro atoms. The van der Waals surface area contributed by atoms with E-state index >= 15 is 0 Å². The van der Waals surface area contributed by atoms with E-state index in [-0.39, 0.29) is 18.0 Å². The zero-order valence-electron chi connectivity index (χ0n) is 19.0. The van der Waals surface area contributed by atoms with Gasteiger partial charge in [-0.15, -0.1) is 11.3 Å². The Morgan fingerprint density at radius 2 is 1.91 bits per heavy atom. The molecular formula is C25H21N5O4S. The maximum absolute atomic E-state index is 13.2. The monoisotopic (exact) mass is 487 g/mol. The average Bonchev–Trinajstić information content (AvgIpc) is 3.48. The van der Waals surface area contributed by atoms with Crippen molar-refractivity contribution >= 4 is 33.1 Å². The van der Waals surface area contributed by atoms with Crippen LogP contribution < -0.4 is 15.6 Å². The van der Waals surface area contributed by atoms with Gasteiger partial charge in [0.15, 0.2) is 0 Å². The minimum atomic E-state index is -0.363. The number of fused-ring (bicyclic) bond motifs is 1. The molecule has 3 heterocycles. The van der Waals surface area contributed by atoms with Gasteiger partial charge in [0.25, 0.3) is 11.4 Å². The van der Waals surface area contributed by atoms with E-state index in [1.54, 1.807) is 18.2 Å². The summed E-state index contributed by atoms with van der Waals surface area (Å²) >= 11 is 1.30. The van der Waals surface area contributed by atoms with E-state index < -0.39 is 0 Å². The topological polar surface area (TPSA) is 112 Å². The van der Waals surface area contributed by atoms with Gasteiger partial charge in [-0.2, -0.15) is 4.98 Å². The van der Waals surface area contributed by atoms with Crippen molar-refractivity contribution in [3.8, 4) is 27.9 Å². The first-order chi connectivity index (χ1) is 17.0. The van der Waals surface area contributed by atoms with Crippen LogP contribution in [0.1, 0.15) is 12.5 Å². The molecule has 0 aliphatic rings. The summed E-state index contributed by atoms with van der Waals surface area (Å²) < 4.78 is 12.3. The second kappa shape index (κ2) is 9.51. The van der Waals surface area contributed by atoms with Gasteiger partial charge in [-0.1, -0.05) is 47.6 Å². The van der Waals surface area contributed by atoms with Crippen LogP contribution >= 0.6 is 11.3 Å². The Labute approximate surface area is 204 Å². The van der Waals surface area contributed by atoms with E-state index in [0.29, 0.717) is 50.4 Å². The highest BCUT2D eigenvalue weighted by Gasteiger charge is 2.21. The van der Waals surface area contributed by atoms with Crippen LogP contribution in [-0.4, -0.2) is 32.2 Å². The summed E-state index contributed by atoms with van der Waals surface area (Å²) in [4.78, 5) is 36.0. The zero-order chi connectivity index (χ0) is 24.4. The minimum Gasteiger partial charge on any atom is -0.492 e. The van der Waals surface area contributed by atoms with Crippen molar-refractivity contribution in [2.75, 3.05) is 11.9 Å². The summed E-state index contributed by atoms with van der Waals surface area (Å²) in [6, 6.07) is 16.6. The number of carbonyl (C=O) groups is 1. The summed E-state index contributed by atoms with van der Waals surface area (Å²) in [5.41, 5.74) is 1.74. The number of nitrogens with zero attached hydrogens (tertiary/aromatic N) is 4. The van der Waals surface area contributed by atoms with Gasteiger partial charge in [-0.25, -0.2) is 4.98 Å². The summed E-state index contributed by atoms with van der Waals surface area (Å²) in [5.74, 6) is 0.988. The first kappa shape index (κ1) is 22.5. The number of aromatic nitrogens is 4. The molecule has 2 aromatic carbocycles. The van der Waals surface area contributed by atoms with Crippen molar-refractivity contribution in [3.63, 3.8) is 0 Å². The molecule has 0 radical (unpaired) electrons. The highest BCUT2D eigenvalue weighted by Crippen LogP contribution is 2.35. The minimum absolute atomic E-state index is 0.189. The summed E-state index contributed by atoms with van der Waals surface area (Å²) in [5, 5.41) is 7.29. The predicted octanol–water partition coefficient (Wildman–Crippen LogP) is 4.52. The average molecular weight is 488 g/mol. The van der Waals surface area contributed by atoms with E-state index in [2.05, 4.69) is 20.4 Å². The highest BCUT2D eigenvalue weighted by molar-refractivity contribution is 7.22. The third kappa shape index (κ3) is 4.43. The number of thiophene rings is 1. The number of ether oxygens (including phenoxy) is 1. The molecule has 1 N–H and O–H groups in total. The fourth-order valence-electron chi connectivity index (χ4n) is 3.69. The molecule has 5 rings (SSSR count). The fourth-order valence-corrected chi connectivity index (χ4v) is 4.75. The van der Waals surface area contributed by atoms with Crippen LogP contribution in [0.5, 0.6) is 5.75 Å². The smallest absolute Gasteiger partial charge is 0.268 e. The first-order valence-corrected chi connectivity index (χ1v) is 11.8. The first-order valence-electron chi connectivity index (χ1n) is 10.9. The van der Waals surface area contributed by atoms with Crippen LogP contribution in [0.4, 0.5) is 5.69 Å². The Hall–Kier alpha value is -4.31.